The first-order valence-electron chi connectivity index (χ1n) is 8.71. The van der Waals surface area contributed by atoms with Gasteiger partial charge < -0.3 is 8.98 Å². The number of hydrogen-bond donors (Lipinski definition) is 1. The molecule has 3 aromatic rings. The molecule has 0 spiro atoms. The zero-order valence-corrected chi connectivity index (χ0v) is 17.2. The van der Waals surface area contributed by atoms with Crippen LogP contribution in [0.15, 0.2) is 33.6 Å². The van der Waals surface area contributed by atoms with Crippen molar-refractivity contribution in [1.82, 2.24) is 14.8 Å². The van der Waals surface area contributed by atoms with Crippen molar-refractivity contribution >= 4 is 15.7 Å². The molecule has 0 unspecified atom stereocenters. The summed E-state index contributed by atoms with van der Waals surface area (Å²) in [4.78, 5) is 0.154. The number of nitrogens with one attached hydrogen (secondary N) is 1. The molecule has 0 aliphatic carbocycles. The average Bonchev–Trinajstić information content (AvgIpc) is 3.11. The number of aromatic nitrogens is 3. The largest absolute Gasteiger partial charge is 0.421 e. The van der Waals surface area contributed by atoms with Crippen molar-refractivity contribution in [2.75, 3.05) is 4.72 Å². The number of sulfonamides is 1. The monoisotopic (exact) mass is 388 g/mol. The third kappa shape index (κ3) is 3.49. The summed E-state index contributed by atoms with van der Waals surface area (Å²) in [6.45, 7) is 9.40. The quantitative estimate of drug-likeness (QED) is 0.715. The highest BCUT2D eigenvalue weighted by molar-refractivity contribution is 7.93. The Kier molecular flexibility index (Phi) is 4.86. The maximum atomic E-state index is 13.3. The Morgan fingerprint density at radius 3 is 2.41 bits per heavy atom. The number of hydrogen-bond acceptors (Lipinski definition) is 5. The van der Waals surface area contributed by atoms with Gasteiger partial charge in [-0.05, 0) is 37.5 Å². The van der Waals surface area contributed by atoms with Crippen LogP contribution in [0.2, 0.25) is 0 Å². The summed E-state index contributed by atoms with van der Waals surface area (Å²) in [5, 5.41) is 7.87. The first-order chi connectivity index (χ1) is 12.6. The second kappa shape index (κ2) is 6.84. The first-order valence-corrected chi connectivity index (χ1v) is 10.2. The molecule has 3 rings (SSSR count). The topological polar surface area (TPSA) is 90.0 Å². The summed E-state index contributed by atoms with van der Waals surface area (Å²) in [5.41, 5.74) is 3.36. The van der Waals surface area contributed by atoms with E-state index in [-0.39, 0.29) is 10.8 Å². The van der Waals surface area contributed by atoms with Gasteiger partial charge in [0, 0.05) is 31.0 Å². The molecule has 0 saturated carbocycles. The molecule has 0 aliphatic heterocycles. The van der Waals surface area contributed by atoms with Gasteiger partial charge in [0.15, 0.2) is 0 Å². The van der Waals surface area contributed by atoms with E-state index in [0.29, 0.717) is 28.8 Å². The lowest BCUT2D eigenvalue weighted by Gasteiger charge is -2.12. The molecule has 2 heterocycles. The fourth-order valence-electron chi connectivity index (χ4n) is 3.06. The van der Waals surface area contributed by atoms with Crippen molar-refractivity contribution in [3.8, 4) is 11.5 Å². The van der Waals surface area contributed by atoms with Crippen LogP contribution in [0.4, 0.5) is 5.69 Å². The summed E-state index contributed by atoms with van der Waals surface area (Å²) < 4.78 is 36.5. The minimum Gasteiger partial charge on any atom is -0.421 e. The van der Waals surface area contributed by atoms with Crippen LogP contribution in [0.1, 0.15) is 42.6 Å². The molecule has 2 aromatic heterocycles. The highest BCUT2D eigenvalue weighted by Crippen LogP contribution is 2.35. The van der Waals surface area contributed by atoms with Gasteiger partial charge in [-0.25, -0.2) is 8.42 Å². The molecule has 0 bridgehead atoms. The Hall–Kier alpha value is -2.61. The van der Waals surface area contributed by atoms with Crippen molar-refractivity contribution in [2.24, 2.45) is 7.05 Å². The molecule has 0 aliphatic rings. The van der Waals surface area contributed by atoms with Gasteiger partial charge in [0.1, 0.15) is 4.90 Å². The molecule has 1 N–H and O–H groups in total. The third-order valence-corrected chi connectivity index (χ3v) is 6.28. The van der Waals surface area contributed by atoms with Crippen molar-refractivity contribution in [1.29, 1.82) is 0 Å². The van der Waals surface area contributed by atoms with E-state index >= 15 is 0 Å². The van der Waals surface area contributed by atoms with E-state index in [9.17, 15) is 8.42 Å². The highest BCUT2D eigenvalue weighted by Gasteiger charge is 2.30. The van der Waals surface area contributed by atoms with Crippen molar-refractivity contribution in [3.63, 3.8) is 0 Å². The molecule has 1 aromatic carbocycles. The summed E-state index contributed by atoms with van der Waals surface area (Å²) in [6, 6.07) is 7.42. The van der Waals surface area contributed by atoms with Gasteiger partial charge in [-0.15, -0.1) is 10.2 Å². The van der Waals surface area contributed by atoms with Crippen LogP contribution in [0.25, 0.3) is 11.5 Å². The molecule has 144 valence electrons. The van der Waals surface area contributed by atoms with Gasteiger partial charge in [0.05, 0.1) is 5.56 Å². The summed E-state index contributed by atoms with van der Waals surface area (Å²) >= 11 is 0. The number of nitrogens with zero attached hydrogens (tertiary/aromatic N) is 3. The van der Waals surface area contributed by atoms with Crippen molar-refractivity contribution in [2.45, 2.75) is 45.4 Å². The van der Waals surface area contributed by atoms with Gasteiger partial charge in [-0.2, -0.15) is 0 Å². The number of benzene rings is 1. The van der Waals surface area contributed by atoms with Crippen LogP contribution in [0.3, 0.4) is 0 Å². The van der Waals surface area contributed by atoms with Crippen LogP contribution in [0, 0.1) is 20.8 Å². The van der Waals surface area contributed by atoms with Gasteiger partial charge in [-0.1, -0.05) is 26.0 Å². The van der Waals surface area contributed by atoms with Crippen LogP contribution >= 0.6 is 0 Å². The van der Waals surface area contributed by atoms with E-state index in [0.717, 1.165) is 11.3 Å². The molecule has 8 heteroatoms. The van der Waals surface area contributed by atoms with Crippen molar-refractivity contribution in [3.05, 3.63) is 47.1 Å². The second-order valence-corrected chi connectivity index (χ2v) is 8.57. The molecule has 0 saturated heterocycles. The van der Waals surface area contributed by atoms with Crippen molar-refractivity contribution < 1.29 is 12.8 Å². The van der Waals surface area contributed by atoms with E-state index in [2.05, 4.69) is 28.8 Å². The SMILES string of the molecule is Cc1nnc(-c2c(S(=O)(=O)Nc3cccc(C(C)C)c3)c(C)n(C)c2C)o1. The third-order valence-electron chi connectivity index (χ3n) is 4.74. The lowest BCUT2D eigenvalue weighted by atomic mass is 10.0. The smallest absolute Gasteiger partial charge is 0.264 e. The average molecular weight is 388 g/mol. The molecule has 7 nitrogen and oxygen atoms in total. The standard InChI is InChI=1S/C19H24N4O3S/c1-11(2)15-8-7-9-16(10-15)22-27(24,25)18-13(4)23(6)12(3)17(18)19-21-20-14(5)26-19/h7-11,22H,1-6H3. The zero-order valence-electron chi connectivity index (χ0n) is 16.4. The molecular weight excluding hydrogens is 364 g/mol. The van der Waals surface area contributed by atoms with Gasteiger partial charge in [0.25, 0.3) is 15.9 Å². The Morgan fingerprint density at radius 1 is 1.11 bits per heavy atom. The van der Waals surface area contributed by atoms with Crippen LogP contribution < -0.4 is 4.72 Å². The van der Waals surface area contributed by atoms with Gasteiger partial charge in [-0.3, -0.25) is 4.72 Å². The van der Waals surface area contributed by atoms with E-state index in [1.165, 1.54) is 0 Å². The lowest BCUT2D eigenvalue weighted by Crippen LogP contribution is -2.15. The molecular formula is C19H24N4O3S. The van der Waals surface area contributed by atoms with Gasteiger partial charge in [0.2, 0.25) is 5.89 Å². The van der Waals surface area contributed by atoms with E-state index in [1.807, 2.05) is 36.7 Å². The summed E-state index contributed by atoms with van der Waals surface area (Å²) in [6.07, 6.45) is 0. The van der Waals surface area contributed by atoms with E-state index in [1.54, 1.807) is 19.9 Å². The number of anilines is 1. The zero-order chi connectivity index (χ0) is 19.9. The maximum absolute atomic E-state index is 13.3. The fraction of sp³-hybridized carbons (Fsp3) is 0.368. The Morgan fingerprint density at radius 2 is 1.81 bits per heavy atom. The number of rotatable bonds is 5. The molecule has 0 atom stereocenters. The lowest BCUT2D eigenvalue weighted by molar-refractivity contribution is 0.530. The Labute approximate surface area is 159 Å². The highest BCUT2D eigenvalue weighted by atomic mass is 32.2. The molecule has 0 radical (unpaired) electrons. The van der Waals surface area contributed by atoms with Gasteiger partial charge >= 0.3 is 0 Å². The normalized spacial score (nSPS) is 12.0. The minimum absolute atomic E-state index is 0.154. The Bertz CT molecular complexity index is 1090. The van der Waals surface area contributed by atoms with E-state index in [4.69, 9.17) is 4.42 Å². The second-order valence-electron chi connectivity index (χ2n) is 6.95. The van der Waals surface area contributed by atoms with Crippen LogP contribution in [-0.4, -0.2) is 23.2 Å². The Balaban J connectivity index is 2.12. The molecule has 0 amide bonds. The van der Waals surface area contributed by atoms with Crippen LogP contribution in [0.5, 0.6) is 0 Å². The van der Waals surface area contributed by atoms with Crippen LogP contribution in [-0.2, 0) is 17.1 Å². The predicted octanol–water partition coefficient (Wildman–Crippen LogP) is 3.92. The minimum atomic E-state index is -3.86. The maximum Gasteiger partial charge on any atom is 0.264 e. The first kappa shape index (κ1) is 19.2. The predicted molar refractivity (Wildman–Crippen MR) is 104 cm³/mol. The summed E-state index contributed by atoms with van der Waals surface area (Å²) in [5.74, 6) is 0.879. The molecule has 0 fully saturated rings. The molecule has 27 heavy (non-hydrogen) atoms. The van der Waals surface area contributed by atoms with E-state index < -0.39 is 10.0 Å². The fourth-order valence-corrected chi connectivity index (χ4v) is 4.63. The summed E-state index contributed by atoms with van der Waals surface area (Å²) in [7, 11) is -2.04. The number of aryl methyl sites for hydroxylation is 1.